The number of nitrogens with zero attached hydrogens (tertiary/aromatic N) is 5. The molecule has 3 saturated heterocycles. The first-order chi connectivity index (χ1) is 29.0. The second-order valence-corrected chi connectivity index (χ2v) is 18.5. The highest BCUT2D eigenvalue weighted by molar-refractivity contribution is 7.62. The summed E-state index contributed by atoms with van der Waals surface area (Å²) in [7, 11) is 0.732. The molecule has 3 N–H and O–H groups in total. The summed E-state index contributed by atoms with van der Waals surface area (Å²) in [4.78, 5) is 40.1. The van der Waals surface area contributed by atoms with Gasteiger partial charge in [-0.15, -0.1) is 0 Å². The first-order valence-corrected chi connectivity index (χ1v) is 22.4. The quantitative estimate of drug-likeness (QED) is 0.0928. The Bertz CT molecular complexity index is 2280. The van der Waals surface area contributed by atoms with E-state index < -0.39 is 7.60 Å². The van der Waals surface area contributed by atoms with Crippen LogP contribution in [-0.2, 0) is 36.3 Å². The Balaban J connectivity index is 0.830. The van der Waals surface area contributed by atoms with Crippen molar-refractivity contribution < 1.29 is 32.3 Å². The largest absolute Gasteiger partial charge is 0.494 e. The molecule has 4 aliphatic heterocycles. The number of hydrogen-bond donors (Lipinski definition) is 3. The standard InChI is InChI=1S/C43H51ClFN8O6P/c1-57-38-22-31(8-9-35(38)48-43-46-23-33(44)41(50-43)47-36-6-4-5-7-39(36)60(56,58-2)59-3)52-18-12-27(13-19-52)24-51-16-14-28(15-17-51)32-20-29-25-53(26-30(29)21-34(32)45)37-10-11-40(54)49-42(37)55/h4-9,20-23,27-28,37H,10-19,24-26H2,1-3H3,(H,49,54,55)(H2,46,47,48,50). The van der Waals surface area contributed by atoms with E-state index in [2.05, 4.69) is 46.7 Å². The van der Waals surface area contributed by atoms with Crippen molar-refractivity contribution in [3.05, 3.63) is 88.3 Å². The second kappa shape index (κ2) is 18.2. The Kier molecular flexibility index (Phi) is 12.7. The van der Waals surface area contributed by atoms with Gasteiger partial charge in [0.1, 0.15) is 16.6 Å². The lowest BCUT2D eigenvalue weighted by atomic mass is 9.86. The lowest BCUT2D eigenvalue weighted by molar-refractivity contribution is -0.137. The first-order valence-electron chi connectivity index (χ1n) is 20.5. The molecule has 14 nitrogen and oxygen atoms in total. The van der Waals surface area contributed by atoms with Gasteiger partial charge in [0.25, 0.3) is 0 Å². The average Bonchev–Trinajstić information content (AvgIpc) is 3.67. The highest BCUT2D eigenvalue weighted by Crippen LogP contribution is 2.47. The fourth-order valence-electron chi connectivity index (χ4n) is 9.03. The second-order valence-electron chi connectivity index (χ2n) is 15.9. The number of carbonyl (C=O) groups is 2. The number of rotatable bonds is 13. The van der Waals surface area contributed by atoms with Crippen molar-refractivity contribution in [1.82, 2.24) is 25.1 Å². The summed E-state index contributed by atoms with van der Waals surface area (Å²) < 4.78 is 44.9. The number of piperidine rings is 3. The van der Waals surface area contributed by atoms with Crippen molar-refractivity contribution in [2.75, 3.05) is 69.6 Å². The molecule has 0 radical (unpaired) electrons. The lowest BCUT2D eigenvalue weighted by Crippen LogP contribution is -2.50. The summed E-state index contributed by atoms with van der Waals surface area (Å²) >= 11 is 6.48. The van der Waals surface area contributed by atoms with E-state index in [-0.39, 0.29) is 40.6 Å². The molecular formula is C43H51ClFN8O6P. The summed E-state index contributed by atoms with van der Waals surface area (Å²) in [6.45, 7) is 5.94. The Morgan fingerprint density at radius 1 is 0.900 bits per heavy atom. The van der Waals surface area contributed by atoms with Crippen LogP contribution in [0.15, 0.2) is 60.8 Å². The van der Waals surface area contributed by atoms with E-state index in [1.54, 1.807) is 37.4 Å². The molecule has 8 rings (SSSR count). The van der Waals surface area contributed by atoms with Crippen LogP contribution in [0.1, 0.15) is 61.1 Å². The zero-order chi connectivity index (χ0) is 42.0. The van der Waals surface area contributed by atoms with Gasteiger partial charge in [0.2, 0.25) is 17.8 Å². The van der Waals surface area contributed by atoms with Crippen LogP contribution in [-0.4, -0.2) is 91.7 Å². The Labute approximate surface area is 354 Å². The minimum Gasteiger partial charge on any atom is -0.494 e. The third kappa shape index (κ3) is 9.02. The van der Waals surface area contributed by atoms with Crippen molar-refractivity contribution in [3.63, 3.8) is 0 Å². The Morgan fingerprint density at radius 3 is 2.35 bits per heavy atom. The van der Waals surface area contributed by atoms with E-state index in [9.17, 15) is 14.2 Å². The summed E-state index contributed by atoms with van der Waals surface area (Å²) in [5, 5.41) is 9.47. The maximum absolute atomic E-state index is 15.5. The van der Waals surface area contributed by atoms with E-state index >= 15 is 4.39 Å². The number of amides is 2. The number of nitrogens with one attached hydrogen (secondary N) is 3. The highest BCUT2D eigenvalue weighted by atomic mass is 35.5. The number of aromatic nitrogens is 2. The molecule has 0 aliphatic carbocycles. The molecular weight excluding hydrogens is 810 g/mol. The number of halogens is 2. The summed E-state index contributed by atoms with van der Waals surface area (Å²) in [6.07, 6.45) is 6.32. The highest BCUT2D eigenvalue weighted by Gasteiger charge is 2.36. The number of imide groups is 1. The fourth-order valence-corrected chi connectivity index (χ4v) is 10.4. The fraction of sp³-hybridized carbons (Fsp3) is 0.442. The predicted molar refractivity (Wildman–Crippen MR) is 229 cm³/mol. The third-order valence-electron chi connectivity index (χ3n) is 12.3. The van der Waals surface area contributed by atoms with Crippen molar-refractivity contribution in [1.29, 1.82) is 0 Å². The predicted octanol–water partition coefficient (Wildman–Crippen LogP) is 7.09. The zero-order valence-corrected chi connectivity index (χ0v) is 35.7. The number of ether oxygens (including phenoxy) is 1. The number of para-hydroxylation sites is 1. The van der Waals surface area contributed by atoms with Gasteiger partial charge in [0.05, 0.1) is 36.0 Å². The van der Waals surface area contributed by atoms with Gasteiger partial charge in [-0.25, -0.2) is 9.37 Å². The molecule has 1 atom stereocenters. The van der Waals surface area contributed by atoms with E-state index in [1.807, 2.05) is 18.2 Å². The Hall–Kier alpha value is -4.63. The summed E-state index contributed by atoms with van der Waals surface area (Å²) in [5.41, 5.74) is 5.06. The first kappa shape index (κ1) is 42.1. The van der Waals surface area contributed by atoms with Crippen LogP contribution in [0.5, 0.6) is 5.75 Å². The van der Waals surface area contributed by atoms with Gasteiger partial charge in [-0.2, -0.15) is 4.98 Å². The van der Waals surface area contributed by atoms with Crippen LogP contribution < -0.4 is 30.9 Å². The smallest absolute Gasteiger partial charge is 0.362 e. The molecule has 60 heavy (non-hydrogen) atoms. The van der Waals surface area contributed by atoms with Crippen LogP contribution in [0.4, 0.5) is 33.2 Å². The molecule has 0 saturated carbocycles. The van der Waals surface area contributed by atoms with Crippen LogP contribution in [0.2, 0.25) is 5.02 Å². The van der Waals surface area contributed by atoms with Gasteiger partial charge in [0.15, 0.2) is 5.82 Å². The molecule has 4 aromatic rings. The van der Waals surface area contributed by atoms with Crippen LogP contribution in [0.25, 0.3) is 0 Å². The molecule has 0 bridgehead atoms. The average molecular weight is 861 g/mol. The SMILES string of the molecule is COc1cc(N2CCC(CN3CCC(c4cc5c(cc4F)CN(C4CCC(=O)NC4=O)C5)CC3)CC2)ccc1Nc1ncc(Cl)c(Nc2ccccc2P(=O)(OC)OC)n1. The van der Waals surface area contributed by atoms with E-state index in [4.69, 9.17) is 25.4 Å². The number of carbonyl (C=O) groups excluding carboxylic acids is 2. The Morgan fingerprint density at radius 2 is 1.63 bits per heavy atom. The van der Waals surface area contributed by atoms with Gasteiger partial charge >= 0.3 is 7.60 Å². The summed E-state index contributed by atoms with van der Waals surface area (Å²) in [5.74, 6) is 1.38. The lowest BCUT2D eigenvalue weighted by Gasteiger charge is -2.38. The van der Waals surface area contributed by atoms with Gasteiger partial charge in [0, 0.05) is 65.1 Å². The molecule has 318 valence electrons. The number of likely N-dealkylation sites (tertiary alicyclic amines) is 1. The number of benzene rings is 3. The molecule has 3 aromatic carbocycles. The van der Waals surface area contributed by atoms with Gasteiger partial charge in [-0.3, -0.25) is 24.4 Å². The van der Waals surface area contributed by atoms with Crippen LogP contribution in [0.3, 0.4) is 0 Å². The van der Waals surface area contributed by atoms with E-state index in [1.165, 1.54) is 20.4 Å². The monoisotopic (exact) mass is 860 g/mol. The zero-order valence-electron chi connectivity index (χ0n) is 34.1. The van der Waals surface area contributed by atoms with Gasteiger partial charge in [-0.1, -0.05) is 29.8 Å². The summed E-state index contributed by atoms with van der Waals surface area (Å²) in [6, 6.07) is 16.3. The normalized spacial score (nSPS) is 19.6. The maximum atomic E-state index is 15.5. The van der Waals surface area contributed by atoms with Crippen molar-refractivity contribution in [2.45, 2.75) is 63.6 Å². The number of fused-ring (bicyclic) bond motifs is 1. The number of anilines is 5. The van der Waals surface area contributed by atoms with Crippen molar-refractivity contribution in [3.8, 4) is 5.75 Å². The van der Waals surface area contributed by atoms with E-state index in [0.717, 1.165) is 80.8 Å². The van der Waals surface area contributed by atoms with E-state index in [0.29, 0.717) is 60.1 Å². The van der Waals surface area contributed by atoms with Crippen LogP contribution in [0, 0.1) is 11.7 Å². The van der Waals surface area contributed by atoms with Crippen molar-refractivity contribution in [2.24, 2.45) is 5.92 Å². The van der Waals surface area contributed by atoms with Gasteiger partial charge in [-0.05, 0) is 104 Å². The maximum Gasteiger partial charge on any atom is 0.362 e. The molecule has 1 unspecified atom stereocenters. The van der Waals surface area contributed by atoms with Crippen molar-refractivity contribution >= 4 is 65.1 Å². The number of hydrogen-bond acceptors (Lipinski definition) is 13. The molecule has 4 aliphatic rings. The molecule has 17 heteroatoms. The topological polar surface area (TPSA) is 150 Å². The van der Waals surface area contributed by atoms with Crippen LogP contribution >= 0.6 is 19.2 Å². The molecule has 3 fully saturated rings. The minimum atomic E-state index is -3.56. The van der Waals surface area contributed by atoms with Gasteiger partial charge < -0.3 is 34.2 Å². The minimum absolute atomic E-state index is 0.145. The molecule has 0 spiro atoms. The molecule has 1 aromatic heterocycles. The third-order valence-corrected chi connectivity index (χ3v) is 14.6. The molecule has 5 heterocycles. The molecule has 2 amide bonds. The number of methoxy groups -OCH3 is 1.